The second kappa shape index (κ2) is 7.62. The standard InChI is InChI=1S/C12H19N3O2S2/c1-3-7-14-19(16,17)15(2)9-12-8-11(10-18-12)5-4-6-13/h8,10,14H,3,6-7,9,13H2,1-2H3. The quantitative estimate of drug-likeness (QED) is 0.761. The van der Waals surface area contributed by atoms with Crippen molar-refractivity contribution in [3.05, 3.63) is 21.9 Å². The summed E-state index contributed by atoms with van der Waals surface area (Å²) < 4.78 is 27.5. The van der Waals surface area contributed by atoms with Gasteiger partial charge in [0.05, 0.1) is 6.54 Å². The summed E-state index contributed by atoms with van der Waals surface area (Å²) in [5.41, 5.74) is 6.17. The molecule has 5 nitrogen and oxygen atoms in total. The molecule has 3 N–H and O–H groups in total. The molecule has 0 aliphatic heterocycles. The van der Waals surface area contributed by atoms with Gasteiger partial charge in [-0.25, -0.2) is 4.72 Å². The highest BCUT2D eigenvalue weighted by molar-refractivity contribution is 7.87. The van der Waals surface area contributed by atoms with Crippen LogP contribution in [-0.2, 0) is 16.8 Å². The summed E-state index contributed by atoms with van der Waals surface area (Å²) in [4.78, 5) is 0.950. The van der Waals surface area contributed by atoms with Crippen LogP contribution in [0.1, 0.15) is 23.8 Å². The zero-order valence-electron chi connectivity index (χ0n) is 11.1. The summed E-state index contributed by atoms with van der Waals surface area (Å²) in [6, 6.07) is 1.89. The van der Waals surface area contributed by atoms with Gasteiger partial charge >= 0.3 is 0 Å². The highest BCUT2D eigenvalue weighted by Gasteiger charge is 2.17. The average molecular weight is 301 g/mol. The monoisotopic (exact) mass is 301 g/mol. The van der Waals surface area contributed by atoms with Gasteiger partial charge in [-0.2, -0.15) is 12.7 Å². The highest BCUT2D eigenvalue weighted by atomic mass is 32.2. The Labute approximate surface area is 119 Å². The predicted molar refractivity (Wildman–Crippen MR) is 78.9 cm³/mol. The van der Waals surface area contributed by atoms with E-state index >= 15 is 0 Å². The first-order chi connectivity index (χ1) is 8.99. The lowest BCUT2D eigenvalue weighted by Gasteiger charge is -2.16. The van der Waals surface area contributed by atoms with E-state index in [-0.39, 0.29) is 0 Å². The highest BCUT2D eigenvalue weighted by Crippen LogP contribution is 2.16. The van der Waals surface area contributed by atoms with Crippen LogP contribution < -0.4 is 10.5 Å². The first kappa shape index (κ1) is 16.1. The fraction of sp³-hybridized carbons (Fsp3) is 0.500. The minimum absolute atomic E-state index is 0.320. The van der Waals surface area contributed by atoms with Crippen molar-refractivity contribution in [2.45, 2.75) is 19.9 Å². The Balaban J connectivity index is 2.66. The topological polar surface area (TPSA) is 75.4 Å². The van der Waals surface area contributed by atoms with E-state index < -0.39 is 10.2 Å². The van der Waals surface area contributed by atoms with Crippen molar-refractivity contribution in [1.82, 2.24) is 9.03 Å². The van der Waals surface area contributed by atoms with Crippen molar-refractivity contribution in [1.29, 1.82) is 0 Å². The minimum Gasteiger partial charge on any atom is -0.320 e. The minimum atomic E-state index is -3.39. The average Bonchev–Trinajstić information content (AvgIpc) is 2.81. The molecular weight excluding hydrogens is 282 g/mol. The molecule has 1 aromatic heterocycles. The number of thiophene rings is 1. The number of nitrogens with one attached hydrogen (secondary N) is 1. The predicted octanol–water partition coefficient (Wildman–Crippen LogP) is 0.735. The van der Waals surface area contributed by atoms with E-state index in [1.165, 1.54) is 15.6 Å². The molecule has 106 valence electrons. The van der Waals surface area contributed by atoms with E-state index in [9.17, 15) is 8.42 Å². The van der Waals surface area contributed by atoms with Gasteiger partial charge < -0.3 is 5.73 Å². The van der Waals surface area contributed by atoms with Crippen LogP contribution in [0.3, 0.4) is 0 Å². The Morgan fingerprint density at radius 3 is 2.89 bits per heavy atom. The van der Waals surface area contributed by atoms with Gasteiger partial charge in [-0.3, -0.25) is 0 Å². The van der Waals surface area contributed by atoms with E-state index in [0.717, 1.165) is 16.9 Å². The maximum Gasteiger partial charge on any atom is 0.279 e. The first-order valence-electron chi connectivity index (χ1n) is 5.97. The van der Waals surface area contributed by atoms with Crippen molar-refractivity contribution in [3.8, 4) is 11.8 Å². The van der Waals surface area contributed by atoms with Gasteiger partial charge in [-0.15, -0.1) is 11.3 Å². The van der Waals surface area contributed by atoms with Crippen LogP contribution in [0.2, 0.25) is 0 Å². The van der Waals surface area contributed by atoms with Crippen LogP contribution in [0.15, 0.2) is 11.4 Å². The molecule has 0 unspecified atom stereocenters. The SMILES string of the molecule is CCCNS(=O)(=O)N(C)Cc1cc(C#CCN)cs1. The molecular formula is C12H19N3O2S2. The second-order valence-corrected chi connectivity index (χ2v) is 6.82. The molecule has 0 spiro atoms. The van der Waals surface area contributed by atoms with Crippen LogP contribution in [0.4, 0.5) is 0 Å². The molecule has 0 fully saturated rings. The Morgan fingerprint density at radius 1 is 1.53 bits per heavy atom. The first-order valence-corrected chi connectivity index (χ1v) is 8.29. The normalized spacial score (nSPS) is 11.4. The number of rotatable bonds is 6. The van der Waals surface area contributed by atoms with Crippen LogP contribution in [0.25, 0.3) is 0 Å². The van der Waals surface area contributed by atoms with Crippen molar-refractivity contribution in [3.63, 3.8) is 0 Å². The Bertz CT molecular complexity index is 555. The molecule has 1 heterocycles. The summed E-state index contributed by atoms with van der Waals surface area (Å²) in [6.45, 7) is 3.03. The van der Waals surface area contributed by atoms with Crippen molar-refractivity contribution < 1.29 is 8.42 Å². The van der Waals surface area contributed by atoms with Crippen molar-refractivity contribution in [2.75, 3.05) is 20.1 Å². The number of nitrogens with zero attached hydrogens (tertiary/aromatic N) is 1. The molecule has 0 bridgehead atoms. The molecule has 1 aromatic rings. The van der Waals surface area contributed by atoms with E-state index in [0.29, 0.717) is 19.6 Å². The number of hydrogen-bond donors (Lipinski definition) is 2. The Kier molecular flexibility index (Phi) is 6.48. The summed E-state index contributed by atoms with van der Waals surface area (Å²) in [6.07, 6.45) is 0.769. The fourth-order valence-corrected chi connectivity index (χ4v) is 3.27. The molecule has 0 aliphatic carbocycles. The zero-order chi connectivity index (χ0) is 14.3. The van der Waals surface area contributed by atoms with Gasteiger partial charge in [0, 0.05) is 36.0 Å². The molecule has 0 aliphatic rings. The molecule has 0 saturated carbocycles. The largest absolute Gasteiger partial charge is 0.320 e. The van der Waals surface area contributed by atoms with E-state index in [4.69, 9.17) is 5.73 Å². The van der Waals surface area contributed by atoms with Gasteiger partial charge in [-0.05, 0) is 12.5 Å². The van der Waals surface area contributed by atoms with Crippen LogP contribution >= 0.6 is 11.3 Å². The number of hydrogen-bond acceptors (Lipinski definition) is 4. The van der Waals surface area contributed by atoms with Gasteiger partial charge in [-0.1, -0.05) is 18.8 Å². The van der Waals surface area contributed by atoms with Crippen LogP contribution in [0.5, 0.6) is 0 Å². The third kappa shape index (κ3) is 5.30. The second-order valence-electron chi connectivity index (χ2n) is 3.96. The zero-order valence-corrected chi connectivity index (χ0v) is 12.8. The number of nitrogens with two attached hydrogens (primary N) is 1. The van der Waals surface area contributed by atoms with Crippen LogP contribution in [-0.4, -0.2) is 32.9 Å². The summed E-state index contributed by atoms with van der Waals surface area (Å²) >= 11 is 1.49. The maximum absolute atomic E-state index is 11.8. The lowest BCUT2D eigenvalue weighted by molar-refractivity contribution is 0.457. The molecule has 0 saturated heterocycles. The molecule has 1 rings (SSSR count). The third-order valence-corrected chi connectivity index (χ3v) is 4.75. The maximum atomic E-state index is 11.8. The Morgan fingerprint density at radius 2 is 2.26 bits per heavy atom. The lowest BCUT2D eigenvalue weighted by atomic mass is 10.3. The van der Waals surface area contributed by atoms with Crippen LogP contribution in [0, 0.1) is 11.8 Å². The molecule has 0 aromatic carbocycles. The van der Waals surface area contributed by atoms with E-state index in [2.05, 4.69) is 16.6 Å². The third-order valence-electron chi connectivity index (χ3n) is 2.31. The van der Waals surface area contributed by atoms with Gasteiger partial charge in [0.15, 0.2) is 0 Å². The van der Waals surface area contributed by atoms with Gasteiger partial charge in [0.25, 0.3) is 10.2 Å². The van der Waals surface area contributed by atoms with Gasteiger partial charge in [0.2, 0.25) is 0 Å². The molecule has 0 atom stereocenters. The molecule has 0 amide bonds. The van der Waals surface area contributed by atoms with Crippen molar-refractivity contribution in [2.24, 2.45) is 5.73 Å². The summed E-state index contributed by atoms with van der Waals surface area (Å²) in [5.74, 6) is 5.69. The fourth-order valence-electron chi connectivity index (χ4n) is 1.33. The Hall–Kier alpha value is -0.910. The molecule has 7 heteroatoms. The molecule has 0 radical (unpaired) electrons. The lowest BCUT2D eigenvalue weighted by Crippen LogP contribution is -2.37. The van der Waals surface area contributed by atoms with Gasteiger partial charge in [0.1, 0.15) is 0 Å². The van der Waals surface area contributed by atoms with E-state index in [1.54, 1.807) is 7.05 Å². The molecule has 19 heavy (non-hydrogen) atoms. The smallest absolute Gasteiger partial charge is 0.279 e. The summed E-state index contributed by atoms with van der Waals surface area (Å²) in [5, 5.41) is 1.90. The summed E-state index contributed by atoms with van der Waals surface area (Å²) in [7, 11) is -1.84. The van der Waals surface area contributed by atoms with Crippen molar-refractivity contribution >= 4 is 21.5 Å². The van der Waals surface area contributed by atoms with E-state index in [1.807, 2.05) is 18.4 Å².